The van der Waals surface area contributed by atoms with Gasteiger partial charge >= 0.3 is 6.09 Å². The highest BCUT2D eigenvalue weighted by molar-refractivity contribution is 5.67. The third kappa shape index (κ3) is 5.75. The Labute approximate surface area is 128 Å². The number of amides is 1. The van der Waals surface area contributed by atoms with E-state index >= 15 is 0 Å². The Morgan fingerprint density at radius 1 is 1.27 bits per heavy atom. The zero-order valence-corrected chi connectivity index (χ0v) is 12.0. The summed E-state index contributed by atoms with van der Waals surface area (Å²) in [5.41, 5.74) is 1.49. The average Bonchev–Trinajstić information content (AvgIpc) is 2.54. The molecule has 0 spiro atoms. The van der Waals surface area contributed by atoms with Crippen molar-refractivity contribution in [1.82, 2.24) is 10.3 Å². The van der Waals surface area contributed by atoms with Crippen LogP contribution in [0.15, 0.2) is 54.7 Å². The summed E-state index contributed by atoms with van der Waals surface area (Å²) in [5.74, 6) is -0.322. The maximum Gasteiger partial charge on any atom is 0.407 e. The van der Waals surface area contributed by atoms with E-state index < -0.39 is 6.09 Å². The summed E-state index contributed by atoms with van der Waals surface area (Å²) >= 11 is 0. The lowest BCUT2D eigenvalue weighted by Crippen LogP contribution is -2.24. The lowest BCUT2D eigenvalue weighted by atomic mass is 10.2. The number of ether oxygens (including phenoxy) is 1. The second-order valence-electron chi connectivity index (χ2n) is 4.58. The van der Waals surface area contributed by atoms with Crippen molar-refractivity contribution in [2.24, 2.45) is 0 Å². The van der Waals surface area contributed by atoms with Crippen molar-refractivity contribution < 1.29 is 13.9 Å². The first kappa shape index (κ1) is 15.7. The highest BCUT2D eigenvalue weighted by Crippen LogP contribution is 2.02. The Balaban J connectivity index is 1.63. The lowest BCUT2D eigenvalue weighted by Gasteiger charge is -2.05. The van der Waals surface area contributed by atoms with E-state index in [0.29, 0.717) is 18.7 Å². The van der Waals surface area contributed by atoms with Gasteiger partial charge in [-0.1, -0.05) is 36.4 Å². The van der Waals surface area contributed by atoms with Crippen LogP contribution < -0.4 is 5.32 Å². The van der Waals surface area contributed by atoms with Gasteiger partial charge in [0.25, 0.3) is 0 Å². The van der Waals surface area contributed by atoms with E-state index in [0.717, 1.165) is 5.56 Å². The minimum Gasteiger partial charge on any atom is -0.445 e. The number of alkyl carbamates (subject to hydrolysis) is 1. The summed E-state index contributed by atoms with van der Waals surface area (Å²) in [6, 6.07) is 12.1. The van der Waals surface area contributed by atoms with E-state index in [2.05, 4.69) is 10.3 Å². The molecule has 22 heavy (non-hydrogen) atoms. The van der Waals surface area contributed by atoms with E-state index in [1.165, 1.54) is 18.3 Å². The number of hydrogen-bond donors (Lipinski definition) is 1. The minimum absolute atomic E-state index is 0.246. The van der Waals surface area contributed by atoms with Crippen LogP contribution in [0.3, 0.4) is 0 Å². The molecule has 114 valence electrons. The number of carbonyl (C=O) groups is 1. The topological polar surface area (TPSA) is 51.2 Å². The first-order chi connectivity index (χ1) is 10.7. The predicted octanol–water partition coefficient (Wildman–Crippen LogP) is 3.55. The van der Waals surface area contributed by atoms with Gasteiger partial charge in [0.15, 0.2) is 0 Å². The molecular formula is C17H17FN2O2. The normalized spacial score (nSPS) is 10.6. The summed E-state index contributed by atoms with van der Waals surface area (Å²) in [4.78, 5) is 15.5. The molecule has 0 unspecified atom stereocenters. The zero-order chi connectivity index (χ0) is 15.6. The second kappa shape index (κ2) is 8.56. The Morgan fingerprint density at radius 2 is 2.09 bits per heavy atom. The van der Waals surface area contributed by atoms with Crippen molar-refractivity contribution in [2.75, 3.05) is 6.54 Å². The predicted molar refractivity (Wildman–Crippen MR) is 82.5 cm³/mol. The van der Waals surface area contributed by atoms with Gasteiger partial charge in [-0.2, -0.15) is 0 Å². The van der Waals surface area contributed by atoms with Gasteiger partial charge in [-0.3, -0.25) is 4.98 Å². The van der Waals surface area contributed by atoms with E-state index in [-0.39, 0.29) is 12.4 Å². The number of pyridine rings is 1. The van der Waals surface area contributed by atoms with Crippen molar-refractivity contribution in [1.29, 1.82) is 0 Å². The molecular weight excluding hydrogens is 283 g/mol. The number of rotatable bonds is 6. The molecule has 1 heterocycles. The van der Waals surface area contributed by atoms with Crippen LogP contribution in [0.5, 0.6) is 0 Å². The van der Waals surface area contributed by atoms with Crippen molar-refractivity contribution in [2.45, 2.75) is 13.0 Å². The first-order valence-electron chi connectivity index (χ1n) is 6.97. The number of halogens is 1. The smallest absolute Gasteiger partial charge is 0.407 e. The van der Waals surface area contributed by atoms with Gasteiger partial charge in [0.2, 0.25) is 0 Å². The molecule has 0 aliphatic heterocycles. The Kier molecular flexibility index (Phi) is 6.11. The Morgan fingerprint density at radius 3 is 2.86 bits per heavy atom. The van der Waals surface area contributed by atoms with E-state index in [4.69, 9.17) is 4.74 Å². The zero-order valence-electron chi connectivity index (χ0n) is 12.0. The summed E-state index contributed by atoms with van der Waals surface area (Å²) < 4.78 is 18.0. The molecule has 0 saturated heterocycles. The maximum atomic E-state index is 12.9. The van der Waals surface area contributed by atoms with Gasteiger partial charge in [0.05, 0.1) is 5.69 Å². The third-order valence-corrected chi connectivity index (χ3v) is 2.82. The summed E-state index contributed by atoms with van der Waals surface area (Å²) in [7, 11) is 0. The number of nitrogens with zero attached hydrogens (tertiary/aromatic N) is 1. The van der Waals surface area contributed by atoms with Gasteiger partial charge in [-0.15, -0.1) is 0 Å². The molecule has 1 aromatic carbocycles. The average molecular weight is 300 g/mol. The molecule has 1 amide bonds. The molecule has 4 nitrogen and oxygen atoms in total. The number of aromatic nitrogens is 1. The lowest BCUT2D eigenvalue weighted by molar-refractivity contribution is 0.140. The molecule has 2 aromatic rings. The molecule has 1 aromatic heterocycles. The van der Waals surface area contributed by atoms with Gasteiger partial charge in [0, 0.05) is 12.7 Å². The van der Waals surface area contributed by atoms with Gasteiger partial charge in [-0.05, 0) is 30.2 Å². The van der Waals surface area contributed by atoms with Gasteiger partial charge in [-0.25, -0.2) is 9.18 Å². The van der Waals surface area contributed by atoms with Crippen molar-refractivity contribution in [3.8, 4) is 0 Å². The van der Waals surface area contributed by atoms with Crippen LogP contribution in [0.2, 0.25) is 0 Å². The van der Waals surface area contributed by atoms with Gasteiger partial charge < -0.3 is 10.1 Å². The van der Waals surface area contributed by atoms with Crippen LogP contribution in [0.25, 0.3) is 6.08 Å². The summed E-state index contributed by atoms with van der Waals surface area (Å²) in [5, 5.41) is 2.64. The summed E-state index contributed by atoms with van der Waals surface area (Å²) in [6.07, 6.45) is 5.09. The molecule has 0 fully saturated rings. The molecule has 0 aliphatic carbocycles. The fraction of sp³-hybridized carbons (Fsp3) is 0.176. The number of nitrogens with one attached hydrogen (secondary N) is 1. The van der Waals surface area contributed by atoms with Gasteiger partial charge in [0.1, 0.15) is 12.4 Å². The quantitative estimate of drug-likeness (QED) is 0.830. The third-order valence-electron chi connectivity index (χ3n) is 2.82. The van der Waals surface area contributed by atoms with Crippen LogP contribution in [-0.4, -0.2) is 17.6 Å². The van der Waals surface area contributed by atoms with Crippen molar-refractivity contribution in [3.63, 3.8) is 0 Å². The molecule has 0 aliphatic rings. The van der Waals surface area contributed by atoms with Crippen molar-refractivity contribution >= 4 is 12.2 Å². The largest absolute Gasteiger partial charge is 0.445 e. The monoisotopic (exact) mass is 300 g/mol. The Bertz CT molecular complexity index is 630. The number of carbonyl (C=O) groups excluding carboxylic acids is 1. The van der Waals surface area contributed by atoms with E-state index in [9.17, 15) is 9.18 Å². The highest BCUT2D eigenvalue weighted by Gasteiger charge is 2.00. The van der Waals surface area contributed by atoms with Crippen LogP contribution in [0.1, 0.15) is 17.7 Å². The fourth-order valence-electron chi connectivity index (χ4n) is 1.75. The second-order valence-corrected chi connectivity index (χ2v) is 4.58. The molecule has 0 radical (unpaired) electrons. The van der Waals surface area contributed by atoms with Crippen LogP contribution in [0, 0.1) is 5.82 Å². The van der Waals surface area contributed by atoms with E-state index in [1.54, 1.807) is 6.08 Å². The van der Waals surface area contributed by atoms with Crippen LogP contribution in [0.4, 0.5) is 9.18 Å². The van der Waals surface area contributed by atoms with E-state index in [1.807, 2.05) is 36.4 Å². The van der Waals surface area contributed by atoms with Crippen LogP contribution in [-0.2, 0) is 11.3 Å². The molecule has 0 atom stereocenters. The molecule has 1 N–H and O–H groups in total. The summed E-state index contributed by atoms with van der Waals surface area (Å²) in [6.45, 7) is 0.690. The molecule has 0 saturated carbocycles. The minimum atomic E-state index is -0.457. The molecule has 2 rings (SSSR count). The highest BCUT2D eigenvalue weighted by atomic mass is 19.1. The number of hydrogen-bond acceptors (Lipinski definition) is 3. The van der Waals surface area contributed by atoms with Crippen LogP contribution >= 0.6 is 0 Å². The Hall–Kier alpha value is -2.69. The number of benzene rings is 1. The standard InChI is InChI=1S/C17H17FN2O2/c18-15-9-11-19-16(12-15)8-4-5-10-20-17(21)22-13-14-6-2-1-3-7-14/h1-4,6-9,11-12H,5,10,13H2,(H,20,21). The maximum absolute atomic E-state index is 12.9. The SMILES string of the molecule is O=C(NCCC=Cc1cc(F)ccn1)OCc1ccccc1. The first-order valence-corrected chi connectivity index (χ1v) is 6.97. The fourth-order valence-corrected chi connectivity index (χ4v) is 1.75. The molecule has 0 bridgehead atoms. The molecule has 5 heteroatoms. The van der Waals surface area contributed by atoms with Crippen molar-refractivity contribution in [3.05, 3.63) is 71.8 Å².